The molecule has 1 aromatic carbocycles. The van der Waals surface area contributed by atoms with Crippen molar-refractivity contribution in [3.05, 3.63) is 52.0 Å². The number of halogens is 2. The van der Waals surface area contributed by atoms with Crippen LogP contribution in [0.4, 0.5) is 4.39 Å². The molecule has 1 aromatic heterocycles. The van der Waals surface area contributed by atoms with E-state index < -0.39 is 0 Å². The van der Waals surface area contributed by atoms with Gasteiger partial charge in [-0.2, -0.15) is 5.10 Å². The lowest BCUT2D eigenvalue weighted by Crippen LogP contribution is -1.99. The fourth-order valence-electron chi connectivity index (χ4n) is 1.40. The van der Waals surface area contributed by atoms with Crippen molar-refractivity contribution in [2.75, 3.05) is 0 Å². The Kier molecular flexibility index (Phi) is 3.83. The zero-order valence-corrected chi connectivity index (χ0v) is 11.7. The van der Waals surface area contributed by atoms with Gasteiger partial charge in [-0.25, -0.2) is 4.39 Å². The number of hydrogen-bond donors (Lipinski definition) is 0. The Morgan fingerprint density at radius 1 is 1.28 bits per heavy atom. The summed E-state index contributed by atoms with van der Waals surface area (Å²) in [6.45, 7) is 4.11. The number of benzene rings is 1. The zero-order chi connectivity index (χ0) is 13.1. The molecule has 92 valence electrons. The third-order valence-electron chi connectivity index (χ3n) is 2.40. The van der Waals surface area contributed by atoms with Crippen LogP contribution in [0.25, 0.3) is 0 Å². The van der Waals surface area contributed by atoms with Crippen molar-refractivity contribution in [1.29, 1.82) is 0 Å². The summed E-state index contributed by atoms with van der Waals surface area (Å²) in [6, 6.07) is 5.03. The second-order valence-electron chi connectivity index (χ2n) is 4.18. The summed E-state index contributed by atoms with van der Waals surface area (Å²) in [5.41, 5.74) is 1.62. The van der Waals surface area contributed by atoms with Gasteiger partial charge in [0.25, 0.3) is 0 Å². The molecule has 0 saturated heterocycles. The molecule has 0 spiro atoms. The molecule has 0 aliphatic carbocycles. The van der Waals surface area contributed by atoms with Gasteiger partial charge in [0.05, 0.1) is 16.2 Å². The molecule has 0 radical (unpaired) electrons. The number of nitrogens with zero attached hydrogens (tertiary/aromatic N) is 2. The Balaban J connectivity index is 2.22. The van der Waals surface area contributed by atoms with Crippen molar-refractivity contribution in [1.82, 2.24) is 9.78 Å². The molecular weight excluding hydrogens is 295 g/mol. The van der Waals surface area contributed by atoms with Crippen LogP contribution < -0.4 is 0 Å². The molecule has 1 heterocycles. The van der Waals surface area contributed by atoms with E-state index in [1.807, 2.05) is 10.9 Å². The van der Waals surface area contributed by atoms with Crippen molar-refractivity contribution in [3.8, 4) is 11.8 Å². The normalized spacial score (nSPS) is 10.3. The van der Waals surface area contributed by atoms with E-state index in [4.69, 9.17) is 0 Å². The Hall–Kier alpha value is -1.60. The van der Waals surface area contributed by atoms with Gasteiger partial charge in [0.15, 0.2) is 0 Å². The smallest absolute Gasteiger partial charge is 0.137 e. The molecule has 0 amide bonds. The molecule has 0 N–H and O–H groups in total. The third-order valence-corrected chi connectivity index (χ3v) is 3.01. The molecule has 0 aliphatic rings. The number of rotatable bonds is 1. The van der Waals surface area contributed by atoms with Gasteiger partial charge < -0.3 is 0 Å². The lowest BCUT2D eigenvalue weighted by molar-refractivity contribution is 0.532. The molecule has 0 atom stereocenters. The van der Waals surface area contributed by atoms with E-state index in [0.717, 1.165) is 11.1 Å². The molecule has 18 heavy (non-hydrogen) atoms. The lowest BCUT2D eigenvalue weighted by atomic mass is 10.2. The molecule has 2 rings (SSSR count). The molecular formula is C14H12BrFN2. The van der Waals surface area contributed by atoms with Crippen molar-refractivity contribution in [3.63, 3.8) is 0 Å². The Labute approximate surface area is 114 Å². The highest BCUT2D eigenvalue weighted by atomic mass is 79.9. The van der Waals surface area contributed by atoms with E-state index in [1.165, 1.54) is 6.07 Å². The van der Waals surface area contributed by atoms with Crippen LogP contribution in [-0.4, -0.2) is 9.78 Å². The minimum absolute atomic E-state index is 0.284. The van der Waals surface area contributed by atoms with Gasteiger partial charge in [-0.3, -0.25) is 4.68 Å². The predicted octanol–water partition coefficient (Wildman–Crippen LogP) is 3.77. The minimum Gasteiger partial charge on any atom is -0.269 e. The van der Waals surface area contributed by atoms with Crippen LogP contribution >= 0.6 is 15.9 Å². The van der Waals surface area contributed by atoms with Gasteiger partial charge in [0.2, 0.25) is 0 Å². The van der Waals surface area contributed by atoms with E-state index in [0.29, 0.717) is 10.5 Å². The Morgan fingerprint density at radius 2 is 2.00 bits per heavy atom. The van der Waals surface area contributed by atoms with Crippen LogP contribution in [0.3, 0.4) is 0 Å². The lowest BCUT2D eigenvalue weighted by Gasteiger charge is -2.02. The van der Waals surface area contributed by atoms with Crippen LogP contribution in [-0.2, 0) is 0 Å². The summed E-state index contributed by atoms with van der Waals surface area (Å²) in [6.07, 6.45) is 3.63. The van der Waals surface area contributed by atoms with Crippen molar-refractivity contribution in [2.24, 2.45) is 0 Å². The van der Waals surface area contributed by atoms with Crippen molar-refractivity contribution in [2.45, 2.75) is 19.9 Å². The van der Waals surface area contributed by atoms with Gasteiger partial charge in [-0.1, -0.05) is 11.8 Å². The van der Waals surface area contributed by atoms with Gasteiger partial charge in [-0.05, 0) is 48.0 Å². The summed E-state index contributed by atoms with van der Waals surface area (Å²) in [7, 11) is 0. The molecule has 0 saturated carbocycles. The van der Waals surface area contributed by atoms with Crippen LogP contribution in [0.5, 0.6) is 0 Å². The summed E-state index contributed by atoms with van der Waals surface area (Å²) >= 11 is 3.14. The van der Waals surface area contributed by atoms with Crippen molar-refractivity contribution < 1.29 is 4.39 Å². The van der Waals surface area contributed by atoms with Crippen LogP contribution in [0.15, 0.2) is 35.1 Å². The van der Waals surface area contributed by atoms with E-state index in [9.17, 15) is 4.39 Å². The maximum atomic E-state index is 13.0. The average molecular weight is 307 g/mol. The second-order valence-corrected chi connectivity index (χ2v) is 5.04. The number of aromatic nitrogens is 2. The first kappa shape index (κ1) is 12.8. The molecule has 0 unspecified atom stereocenters. The second kappa shape index (κ2) is 5.36. The standard InChI is InChI=1S/C14H12BrFN2/c1-10(2)18-9-12(8-17-18)4-3-11-5-6-14(16)13(15)7-11/h5-10H,1-2H3. The fraction of sp³-hybridized carbons (Fsp3) is 0.214. The summed E-state index contributed by atoms with van der Waals surface area (Å²) in [4.78, 5) is 0. The highest BCUT2D eigenvalue weighted by Crippen LogP contribution is 2.16. The third kappa shape index (κ3) is 2.99. The monoisotopic (exact) mass is 306 g/mol. The van der Waals surface area contributed by atoms with Gasteiger partial charge in [0, 0.05) is 17.8 Å². The number of hydrogen-bond acceptors (Lipinski definition) is 1. The quantitative estimate of drug-likeness (QED) is 0.733. The highest BCUT2D eigenvalue weighted by molar-refractivity contribution is 9.10. The highest BCUT2D eigenvalue weighted by Gasteiger charge is 2.00. The first-order valence-corrected chi connectivity index (χ1v) is 6.37. The van der Waals surface area contributed by atoms with Gasteiger partial charge >= 0.3 is 0 Å². The Morgan fingerprint density at radius 3 is 2.61 bits per heavy atom. The minimum atomic E-state index is -0.284. The average Bonchev–Trinajstić information content (AvgIpc) is 2.79. The summed E-state index contributed by atoms with van der Waals surface area (Å²) in [5.74, 6) is 5.70. The molecule has 0 aliphatic heterocycles. The molecule has 2 aromatic rings. The van der Waals surface area contributed by atoms with E-state index in [-0.39, 0.29) is 5.82 Å². The van der Waals surface area contributed by atoms with Crippen LogP contribution in [0.2, 0.25) is 0 Å². The first-order valence-electron chi connectivity index (χ1n) is 5.57. The fourth-order valence-corrected chi connectivity index (χ4v) is 1.78. The SMILES string of the molecule is CC(C)n1cc(C#Cc2ccc(F)c(Br)c2)cn1. The van der Waals surface area contributed by atoms with Crippen molar-refractivity contribution >= 4 is 15.9 Å². The van der Waals surface area contributed by atoms with E-state index >= 15 is 0 Å². The van der Waals surface area contributed by atoms with Crippen LogP contribution in [0.1, 0.15) is 31.0 Å². The largest absolute Gasteiger partial charge is 0.269 e. The first-order chi connectivity index (χ1) is 8.56. The van der Waals surface area contributed by atoms with E-state index in [1.54, 1.807) is 18.3 Å². The van der Waals surface area contributed by atoms with E-state index in [2.05, 4.69) is 46.7 Å². The molecule has 2 nitrogen and oxygen atoms in total. The topological polar surface area (TPSA) is 17.8 Å². The molecule has 4 heteroatoms. The predicted molar refractivity (Wildman–Crippen MR) is 72.7 cm³/mol. The summed E-state index contributed by atoms with van der Waals surface area (Å²) in [5, 5.41) is 4.20. The Bertz CT molecular complexity index is 620. The maximum absolute atomic E-state index is 13.0. The molecule has 0 bridgehead atoms. The summed E-state index contributed by atoms with van der Waals surface area (Å²) < 4.78 is 15.3. The van der Waals surface area contributed by atoms with Gasteiger partial charge in [-0.15, -0.1) is 0 Å². The maximum Gasteiger partial charge on any atom is 0.137 e. The van der Waals surface area contributed by atoms with Crippen LogP contribution in [0, 0.1) is 17.7 Å². The zero-order valence-electron chi connectivity index (χ0n) is 10.1. The molecule has 0 fully saturated rings. The van der Waals surface area contributed by atoms with Gasteiger partial charge in [0.1, 0.15) is 5.82 Å².